The second kappa shape index (κ2) is 7.73. The lowest BCUT2D eigenvalue weighted by atomic mass is 10.1. The fourth-order valence-corrected chi connectivity index (χ4v) is 4.12. The van der Waals surface area contributed by atoms with Gasteiger partial charge in [-0.05, 0) is 42.4 Å². The van der Waals surface area contributed by atoms with Gasteiger partial charge in [-0.3, -0.25) is 9.59 Å². The van der Waals surface area contributed by atoms with Crippen molar-refractivity contribution < 1.29 is 4.79 Å². The number of rotatable bonds is 8. The first kappa shape index (κ1) is 18.7. The Morgan fingerprint density at radius 3 is 2.75 bits per heavy atom. The second-order valence-electron chi connectivity index (χ2n) is 7.24. The van der Waals surface area contributed by atoms with Gasteiger partial charge in [-0.2, -0.15) is 0 Å². The van der Waals surface area contributed by atoms with Crippen molar-refractivity contribution in [3.05, 3.63) is 51.8 Å². The zero-order valence-electron chi connectivity index (χ0n) is 16.4. The van der Waals surface area contributed by atoms with E-state index >= 15 is 0 Å². The van der Waals surface area contributed by atoms with Crippen LogP contribution in [0.1, 0.15) is 25.0 Å². The quantitative estimate of drug-likeness (QED) is 0.325. The van der Waals surface area contributed by atoms with Gasteiger partial charge in [0, 0.05) is 46.9 Å². The molecule has 6 heteroatoms. The average molecular weight is 378 g/mol. The summed E-state index contributed by atoms with van der Waals surface area (Å²) in [6, 6.07) is 9.60. The Morgan fingerprint density at radius 2 is 1.96 bits per heavy atom. The van der Waals surface area contributed by atoms with Gasteiger partial charge in [0.05, 0.1) is 6.54 Å². The molecule has 1 aliphatic carbocycles. The summed E-state index contributed by atoms with van der Waals surface area (Å²) in [4.78, 5) is 30.0. The molecule has 3 aromatic rings. The van der Waals surface area contributed by atoms with Crippen molar-refractivity contribution in [1.82, 2.24) is 15.2 Å². The zero-order valence-corrected chi connectivity index (χ0v) is 16.4. The Bertz CT molecular complexity index is 1100. The monoisotopic (exact) mass is 378 g/mol. The summed E-state index contributed by atoms with van der Waals surface area (Å²) < 4.78 is 0. The molecule has 4 rings (SSSR count). The van der Waals surface area contributed by atoms with Crippen molar-refractivity contribution in [2.75, 3.05) is 38.0 Å². The Balaban J connectivity index is 1.51. The van der Waals surface area contributed by atoms with Crippen molar-refractivity contribution >= 4 is 33.3 Å². The summed E-state index contributed by atoms with van der Waals surface area (Å²) in [5.74, 6) is -0.0493. The summed E-state index contributed by atoms with van der Waals surface area (Å²) in [7, 11) is 0. The number of carbonyl (C=O) groups excluding carboxylic acids is 1. The number of amides is 1. The van der Waals surface area contributed by atoms with Gasteiger partial charge in [0.2, 0.25) is 5.91 Å². The van der Waals surface area contributed by atoms with Crippen molar-refractivity contribution in [2.45, 2.75) is 20.3 Å². The molecule has 2 aromatic carbocycles. The summed E-state index contributed by atoms with van der Waals surface area (Å²) in [6.45, 7) is 8.31. The van der Waals surface area contributed by atoms with E-state index in [1.807, 2.05) is 24.3 Å². The molecule has 146 valence electrons. The molecule has 1 heterocycles. The van der Waals surface area contributed by atoms with E-state index in [0.29, 0.717) is 5.39 Å². The smallest absolute Gasteiger partial charge is 0.256 e. The number of nitrogens with zero attached hydrogens (tertiary/aromatic N) is 1. The number of carbonyl (C=O) groups is 1. The van der Waals surface area contributed by atoms with Crippen LogP contribution in [0.3, 0.4) is 0 Å². The minimum absolute atomic E-state index is 0.0493. The number of aromatic nitrogens is 1. The molecule has 0 unspecified atom stereocenters. The van der Waals surface area contributed by atoms with Crippen molar-refractivity contribution in [1.29, 1.82) is 0 Å². The normalized spacial score (nSPS) is 12.5. The molecule has 0 fully saturated rings. The minimum Gasteiger partial charge on any atom is -0.325 e. The van der Waals surface area contributed by atoms with E-state index in [4.69, 9.17) is 0 Å². The summed E-state index contributed by atoms with van der Waals surface area (Å²) in [5, 5.41) is 9.05. The van der Waals surface area contributed by atoms with Gasteiger partial charge in [-0.25, -0.2) is 0 Å². The number of likely N-dealkylation sites (N-methyl/N-ethyl adjacent to an activating group) is 1. The third-order valence-corrected chi connectivity index (χ3v) is 5.63. The lowest BCUT2D eigenvalue weighted by Gasteiger charge is -2.18. The first-order valence-corrected chi connectivity index (χ1v) is 9.94. The predicted octanol–water partition coefficient (Wildman–Crippen LogP) is 2.46. The van der Waals surface area contributed by atoms with Crippen LogP contribution in [-0.4, -0.2) is 48.5 Å². The van der Waals surface area contributed by atoms with Crippen LogP contribution in [0.4, 0.5) is 5.69 Å². The third-order valence-electron chi connectivity index (χ3n) is 5.63. The van der Waals surface area contributed by atoms with Gasteiger partial charge >= 0.3 is 0 Å². The topological polar surface area (TPSA) is 77.2 Å². The van der Waals surface area contributed by atoms with E-state index in [-0.39, 0.29) is 18.0 Å². The highest BCUT2D eigenvalue weighted by Gasteiger charge is 2.22. The van der Waals surface area contributed by atoms with Crippen LogP contribution in [0.2, 0.25) is 0 Å². The molecule has 0 aliphatic heterocycles. The van der Waals surface area contributed by atoms with Crippen LogP contribution in [0.25, 0.3) is 21.7 Å². The molecular weight excluding hydrogens is 352 g/mol. The number of aromatic amines is 1. The van der Waals surface area contributed by atoms with Gasteiger partial charge < -0.3 is 20.5 Å². The van der Waals surface area contributed by atoms with Crippen molar-refractivity contribution in [2.24, 2.45) is 0 Å². The molecule has 3 N–H and O–H groups in total. The molecule has 1 aliphatic rings. The molecule has 1 aromatic heterocycles. The maximum absolute atomic E-state index is 12.4. The average Bonchev–Trinajstić information content (AvgIpc) is 3.10. The number of H-pyrrole nitrogens is 1. The molecule has 0 atom stereocenters. The highest BCUT2D eigenvalue weighted by Crippen LogP contribution is 2.39. The maximum atomic E-state index is 12.4. The molecule has 0 saturated heterocycles. The van der Waals surface area contributed by atoms with E-state index in [1.165, 1.54) is 0 Å². The molecule has 0 saturated carbocycles. The van der Waals surface area contributed by atoms with Gasteiger partial charge in [0.1, 0.15) is 0 Å². The largest absolute Gasteiger partial charge is 0.325 e. The van der Waals surface area contributed by atoms with Crippen LogP contribution in [0, 0.1) is 0 Å². The van der Waals surface area contributed by atoms with E-state index in [2.05, 4.69) is 40.4 Å². The van der Waals surface area contributed by atoms with Crippen LogP contribution in [0.5, 0.6) is 0 Å². The number of pyridine rings is 1. The Labute approximate surface area is 163 Å². The highest BCUT2D eigenvalue weighted by atomic mass is 16.2. The Kier molecular flexibility index (Phi) is 5.15. The van der Waals surface area contributed by atoms with Crippen molar-refractivity contribution in [3.8, 4) is 0 Å². The number of anilines is 1. The van der Waals surface area contributed by atoms with Crippen LogP contribution in [-0.2, 0) is 11.2 Å². The van der Waals surface area contributed by atoms with Crippen LogP contribution in [0.15, 0.2) is 35.1 Å². The standard InChI is InChI=1S/C22H26N4O2/c1-3-26(4-2)11-10-23-13-19(27)24-17-8-9-18-21-16(17)12-14-6-5-7-15(20(14)21)22(28)25-18/h5-9,23H,3-4,10-13H2,1-2H3,(H,24,27)(H,25,28). The first-order chi connectivity index (χ1) is 13.6. The van der Waals surface area contributed by atoms with Crippen molar-refractivity contribution in [3.63, 3.8) is 0 Å². The maximum Gasteiger partial charge on any atom is 0.256 e. The Morgan fingerprint density at radius 1 is 1.14 bits per heavy atom. The minimum atomic E-state index is -0.0635. The molecule has 1 amide bonds. The summed E-state index contributed by atoms with van der Waals surface area (Å²) in [5.41, 5.74) is 3.81. The molecular formula is C22H26N4O2. The lowest BCUT2D eigenvalue weighted by molar-refractivity contribution is -0.115. The van der Waals surface area contributed by atoms with Crippen LogP contribution >= 0.6 is 0 Å². The van der Waals surface area contributed by atoms with E-state index < -0.39 is 0 Å². The lowest BCUT2D eigenvalue weighted by Crippen LogP contribution is -2.35. The number of hydrogen-bond donors (Lipinski definition) is 3. The first-order valence-electron chi connectivity index (χ1n) is 9.94. The van der Waals surface area contributed by atoms with E-state index in [1.54, 1.807) is 0 Å². The van der Waals surface area contributed by atoms with E-state index in [0.717, 1.165) is 65.7 Å². The number of hydrogen-bond acceptors (Lipinski definition) is 4. The van der Waals surface area contributed by atoms with Gasteiger partial charge in [0.25, 0.3) is 5.56 Å². The summed E-state index contributed by atoms with van der Waals surface area (Å²) in [6.07, 6.45) is 0.728. The molecule has 28 heavy (non-hydrogen) atoms. The molecule has 0 spiro atoms. The van der Waals surface area contributed by atoms with E-state index in [9.17, 15) is 9.59 Å². The number of nitrogens with one attached hydrogen (secondary N) is 3. The second-order valence-corrected chi connectivity index (χ2v) is 7.24. The summed E-state index contributed by atoms with van der Waals surface area (Å²) >= 11 is 0. The molecule has 6 nitrogen and oxygen atoms in total. The Hall–Kier alpha value is -2.70. The molecule has 0 bridgehead atoms. The predicted molar refractivity (Wildman–Crippen MR) is 114 cm³/mol. The van der Waals surface area contributed by atoms with Gasteiger partial charge in [-0.15, -0.1) is 0 Å². The van der Waals surface area contributed by atoms with Gasteiger partial charge in [-0.1, -0.05) is 26.0 Å². The fourth-order valence-electron chi connectivity index (χ4n) is 4.12. The highest BCUT2D eigenvalue weighted by molar-refractivity contribution is 6.14. The third kappa shape index (κ3) is 3.30. The zero-order chi connectivity index (χ0) is 19.7. The molecule has 0 radical (unpaired) electrons. The SMILES string of the molecule is CCN(CC)CCNCC(=O)Nc1ccc2[nH]c(=O)c3cccc4c3c2c1C4. The van der Waals surface area contributed by atoms with Gasteiger partial charge in [0.15, 0.2) is 0 Å². The number of benzene rings is 2. The fraction of sp³-hybridized carbons (Fsp3) is 0.364. The van der Waals surface area contributed by atoms with Crippen LogP contribution < -0.4 is 16.2 Å².